The molecule has 0 radical (unpaired) electrons. The fraction of sp³-hybridized carbons (Fsp3) is 1.00. The van der Waals surface area contributed by atoms with Gasteiger partial charge in [0.25, 0.3) is 0 Å². The SMILES string of the molecule is CC(C)CC1CCCCO1.[OH][AlH2]. The lowest BCUT2D eigenvalue weighted by Gasteiger charge is -2.23. The number of hydrogen-bond acceptors (Lipinski definition) is 2. The molecule has 0 aromatic heterocycles. The Labute approximate surface area is 84.1 Å². The number of rotatable bonds is 2. The van der Waals surface area contributed by atoms with Crippen molar-refractivity contribution >= 4 is 16.6 Å². The lowest BCUT2D eigenvalue weighted by molar-refractivity contribution is 0.00420. The zero-order valence-electron chi connectivity index (χ0n) is 8.55. The van der Waals surface area contributed by atoms with Crippen molar-refractivity contribution in [2.24, 2.45) is 5.92 Å². The fourth-order valence-electron chi connectivity index (χ4n) is 1.52. The third-order valence-corrected chi connectivity index (χ3v) is 2.01. The van der Waals surface area contributed by atoms with Gasteiger partial charge in [0.1, 0.15) is 0 Å². The maximum absolute atomic E-state index is 7.14. The van der Waals surface area contributed by atoms with E-state index in [4.69, 9.17) is 8.90 Å². The zero-order chi connectivity index (χ0) is 9.40. The molecule has 0 bridgehead atoms. The van der Waals surface area contributed by atoms with Crippen LogP contribution >= 0.6 is 0 Å². The van der Waals surface area contributed by atoms with Crippen LogP contribution in [0.2, 0.25) is 0 Å². The molecule has 0 amide bonds. The Morgan fingerprint density at radius 3 is 2.50 bits per heavy atom. The molecule has 2 nitrogen and oxygen atoms in total. The highest BCUT2D eigenvalue weighted by Crippen LogP contribution is 2.18. The molecule has 72 valence electrons. The van der Waals surface area contributed by atoms with Gasteiger partial charge in [-0.25, -0.2) is 0 Å². The molecule has 1 rings (SSSR count). The summed E-state index contributed by atoms with van der Waals surface area (Å²) in [4.78, 5) is 0. The molecular formula is C9H21AlO2. The van der Waals surface area contributed by atoms with Gasteiger partial charge in [0.15, 0.2) is 0 Å². The van der Waals surface area contributed by atoms with Gasteiger partial charge < -0.3 is 8.90 Å². The third kappa shape index (κ3) is 6.02. The summed E-state index contributed by atoms with van der Waals surface area (Å²) >= 11 is 0.306. The summed E-state index contributed by atoms with van der Waals surface area (Å²) in [5.41, 5.74) is 0. The number of ether oxygens (including phenoxy) is 1. The van der Waals surface area contributed by atoms with E-state index in [-0.39, 0.29) is 0 Å². The van der Waals surface area contributed by atoms with Crippen LogP contribution in [0.25, 0.3) is 0 Å². The summed E-state index contributed by atoms with van der Waals surface area (Å²) < 4.78 is 12.7. The maximum Gasteiger partial charge on any atom is 0.407 e. The predicted octanol–water partition coefficient (Wildman–Crippen LogP) is 1.13. The van der Waals surface area contributed by atoms with Crippen LogP contribution < -0.4 is 0 Å². The first-order valence-electron chi connectivity index (χ1n) is 4.85. The van der Waals surface area contributed by atoms with Crippen LogP contribution in [-0.4, -0.2) is 33.5 Å². The Morgan fingerprint density at radius 1 is 1.42 bits per heavy atom. The lowest BCUT2D eigenvalue weighted by Crippen LogP contribution is -2.20. The minimum Gasteiger partial charge on any atom is -0.521 e. The molecule has 1 atom stereocenters. The van der Waals surface area contributed by atoms with Gasteiger partial charge in [-0.05, 0) is 31.6 Å². The highest BCUT2D eigenvalue weighted by molar-refractivity contribution is 5.95. The van der Waals surface area contributed by atoms with Gasteiger partial charge in [-0.15, -0.1) is 0 Å². The van der Waals surface area contributed by atoms with E-state index in [2.05, 4.69) is 13.8 Å². The maximum atomic E-state index is 7.14. The van der Waals surface area contributed by atoms with E-state index in [0.717, 1.165) is 12.5 Å². The van der Waals surface area contributed by atoms with Crippen LogP contribution in [0.15, 0.2) is 0 Å². The Morgan fingerprint density at radius 2 is 2.08 bits per heavy atom. The molecule has 1 heterocycles. The van der Waals surface area contributed by atoms with Gasteiger partial charge in [0.05, 0.1) is 6.10 Å². The molecule has 1 aliphatic rings. The van der Waals surface area contributed by atoms with Crippen LogP contribution in [-0.2, 0) is 4.74 Å². The predicted molar refractivity (Wildman–Crippen MR) is 53.8 cm³/mol. The van der Waals surface area contributed by atoms with Crippen LogP contribution in [0.4, 0.5) is 0 Å². The van der Waals surface area contributed by atoms with E-state index in [9.17, 15) is 0 Å². The first kappa shape index (κ1) is 12.5. The summed E-state index contributed by atoms with van der Waals surface area (Å²) in [6.07, 6.45) is 5.76. The minimum absolute atomic E-state index is 0.306. The second-order valence-corrected chi connectivity index (χ2v) is 3.62. The van der Waals surface area contributed by atoms with Crippen LogP contribution in [0.1, 0.15) is 39.5 Å². The Kier molecular flexibility index (Phi) is 8.37. The highest BCUT2D eigenvalue weighted by Gasteiger charge is 2.14. The fourth-order valence-corrected chi connectivity index (χ4v) is 1.52. The van der Waals surface area contributed by atoms with Crippen molar-refractivity contribution in [3.05, 3.63) is 0 Å². The van der Waals surface area contributed by atoms with E-state index in [1.165, 1.54) is 25.7 Å². The molecule has 1 saturated heterocycles. The first-order chi connectivity index (χ1) is 5.79. The monoisotopic (exact) mass is 188 g/mol. The zero-order valence-corrected chi connectivity index (χ0v) is 10.5. The molecule has 0 saturated carbocycles. The van der Waals surface area contributed by atoms with E-state index < -0.39 is 0 Å². The van der Waals surface area contributed by atoms with E-state index >= 15 is 0 Å². The van der Waals surface area contributed by atoms with Gasteiger partial charge >= 0.3 is 16.6 Å². The van der Waals surface area contributed by atoms with Crippen molar-refractivity contribution in [3.8, 4) is 0 Å². The summed E-state index contributed by atoms with van der Waals surface area (Å²) in [6.45, 7) is 5.52. The van der Waals surface area contributed by atoms with E-state index in [0.29, 0.717) is 22.7 Å². The molecule has 1 fully saturated rings. The molecule has 1 aliphatic heterocycles. The van der Waals surface area contributed by atoms with Crippen LogP contribution in [0, 0.1) is 5.92 Å². The van der Waals surface area contributed by atoms with Gasteiger partial charge in [0, 0.05) is 6.61 Å². The topological polar surface area (TPSA) is 29.5 Å². The summed E-state index contributed by atoms with van der Waals surface area (Å²) in [5.74, 6) is 0.795. The van der Waals surface area contributed by atoms with Crippen molar-refractivity contribution in [1.29, 1.82) is 0 Å². The van der Waals surface area contributed by atoms with Crippen molar-refractivity contribution < 1.29 is 8.90 Å². The second kappa shape index (κ2) is 8.07. The molecule has 1 N–H and O–H groups in total. The Hall–Kier alpha value is 0.452. The highest BCUT2D eigenvalue weighted by atomic mass is 27.1. The average molecular weight is 188 g/mol. The molecule has 1 unspecified atom stereocenters. The molecule has 0 spiro atoms. The standard InChI is InChI=1S/C9H18O.Al.H2O.2H/c1-8(2)7-9-5-3-4-6-10-9;;;;/h8-9H,3-7H2,1-2H3;;1H2;;/q;+1;;;/p-1. The quantitative estimate of drug-likeness (QED) is 0.658. The molecule has 0 aliphatic carbocycles. The van der Waals surface area contributed by atoms with Crippen LogP contribution in [0.3, 0.4) is 0 Å². The van der Waals surface area contributed by atoms with Crippen molar-refractivity contribution in [2.45, 2.75) is 45.6 Å². The second-order valence-electron chi connectivity index (χ2n) is 3.62. The normalized spacial score (nSPS) is 23.2. The van der Waals surface area contributed by atoms with E-state index in [1.807, 2.05) is 0 Å². The smallest absolute Gasteiger partial charge is 0.407 e. The van der Waals surface area contributed by atoms with Gasteiger partial charge in [-0.3, -0.25) is 0 Å². The number of hydrogen-bond donors (Lipinski definition) is 1. The van der Waals surface area contributed by atoms with Crippen LogP contribution in [0.5, 0.6) is 0 Å². The van der Waals surface area contributed by atoms with Gasteiger partial charge in [-0.2, -0.15) is 0 Å². The van der Waals surface area contributed by atoms with Crippen molar-refractivity contribution in [3.63, 3.8) is 0 Å². The van der Waals surface area contributed by atoms with Crippen molar-refractivity contribution in [1.82, 2.24) is 0 Å². The average Bonchev–Trinajstić information content (AvgIpc) is 2.08. The third-order valence-electron chi connectivity index (χ3n) is 2.01. The Bertz CT molecular complexity index is 90.5. The van der Waals surface area contributed by atoms with Gasteiger partial charge in [0.2, 0.25) is 0 Å². The molecular weight excluding hydrogens is 167 g/mol. The largest absolute Gasteiger partial charge is 0.521 e. The summed E-state index contributed by atoms with van der Waals surface area (Å²) in [7, 11) is 0. The minimum atomic E-state index is 0.306. The summed E-state index contributed by atoms with van der Waals surface area (Å²) in [5, 5.41) is 0. The van der Waals surface area contributed by atoms with Gasteiger partial charge in [-0.1, -0.05) is 13.8 Å². The Balaban J connectivity index is 0.000000561. The molecule has 3 heteroatoms. The molecule has 0 aromatic rings. The first-order valence-corrected chi connectivity index (χ1v) is 5.75. The molecule has 0 aromatic carbocycles. The lowest BCUT2D eigenvalue weighted by atomic mass is 10.00. The summed E-state index contributed by atoms with van der Waals surface area (Å²) in [6, 6.07) is 0. The molecule has 12 heavy (non-hydrogen) atoms. The van der Waals surface area contributed by atoms with E-state index in [1.54, 1.807) is 0 Å². The van der Waals surface area contributed by atoms with Crippen molar-refractivity contribution in [2.75, 3.05) is 6.61 Å².